The number of ether oxygens (including phenoxy) is 3. The van der Waals surface area contributed by atoms with Gasteiger partial charge in [-0.3, -0.25) is 4.79 Å². The molecule has 0 aliphatic heterocycles. The van der Waals surface area contributed by atoms with E-state index in [0.717, 1.165) is 41.0 Å². The summed E-state index contributed by atoms with van der Waals surface area (Å²) in [5, 5.41) is 2.99. The first-order chi connectivity index (χ1) is 13.5. The second-order valence-corrected chi connectivity index (χ2v) is 6.80. The van der Waals surface area contributed by atoms with Gasteiger partial charge in [0.2, 0.25) is 0 Å². The molecule has 0 heterocycles. The zero-order valence-corrected chi connectivity index (χ0v) is 17.5. The van der Waals surface area contributed by atoms with E-state index in [1.54, 1.807) is 14.2 Å². The molecule has 0 aliphatic carbocycles. The molecule has 152 valence electrons. The molecular formula is C23H31NO4. The first-order valence-electron chi connectivity index (χ1n) is 9.71. The maximum absolute atomic E-state index is 12.5. The lowest BCUT2D eigenvalue weighted by molar-refractivity contribution is -0.128. The van der Waals surface area contributed by atoms with E-state index in [-0.39, 0.29) is 5.91 Å². The summed E-state index contributed by atoms with van der Waals surface area (Å²) in [6, 6.07) is 11.8. The number of nitrogens with one attached hydrogen (secondary N) is 1. The molecule has 0 aromatic heterocycles. The van der Waals surface area contributed by atoms with E-state index in [4.69, 9.17) is 14.2 Å². The average molecular weight is 386 g/mol. The van der Waals surface area contributed by atoms with Gasteiger partial charge in [-0.05, 0) is 68.0 Å². The summed E-state index contributed by atoms with van der Waals surface area (Å²) >= 11 is 0. The summed E-state index contributed by atoms with van der Waals surface area (Å²) in [6.07, 6.45) is 1.81. The number of methoxy groups -OCH3 is 2. The van der Waals surface area contributed by atoms with Crippen LogP contribution in [0, 0.1) is 13.8 Å². The maximum atomic E-state index is 12.5. The summed E-state index contributed by atoms with van der Waals surface area (Å²) in [6.45, 7) is 6.61. The highest BCUT2D eigenvalue weighted by Crippen LogP contribution is 2.28. The minimum Gasteiger partial charge on any atom is -0.493 e. The highest BCUT2D eigenvalue weighted by Gasteiger charge is 2.19. The van der Waals surface area contributed by atoms with Crippen molar-refractivity contribution in [3.63, 3.8) is 0 Å². The molecule has 5 heteroatoms. The number of benzene rings is 2. The third-order valence-electron chi connectivity index (χ3n) is 4.88. The molecule has 2 aromatic carbocycles. The van der Waals surface area contributed by atoms with Crippen LogP contribution in [-0.4, -0.2) is 32.8 Å². The Morgan fingerprint density at radius 1 is 1.04 bits per heavy atom. The molecule has 0 fully saturated rings. The van der Waals surface area contributed by atoms with E-state index in [2.05, 4.69) is 5.32 Å². The Hall–Kier alpha value is -2.69. The smallest absolute Gasteiger partial charge is 0.261 e. The minimum absolute atomic E-state index is 0.0734. The molecule has 1 N–H and O–H groups in total. The summed E-state index contributed by atoms with van der Waals surface area (Å²) in [7, 11) is 3.25. The lowest BCUT2D eigenvalue weighted by atomic mass is 10.1. The number of hydrogen-bond donors (Lipinski definition) is 1. The highest BCUT2D eigenvalue weighted by molar-refractivity contribution is 5.81. The van der Waals surface area contributed by atoms with Crippen molar-refractivity contribution in [1.82, 2.24) is 5.32 Å². The number of carbonyl (C=O) groups is 1. The van der Waals surface area contributed by atoms with Crippen LogP contribution < -0.4 is 19.5 Å². The van der Waals surface area contributed by atoms with Crippen LogP contribution in [-0.2, 0) is 11.2 Å². The van der Waals surface area contributed by atoms with Crippen molar-refractivity contribution in [2.24, 2.45) is 0 Å². The number of amides is 1. The first-order valence-corrected chi connectivity index (χ1v) is 9.71. The fourth-order valence-corrected chi connectivity index (χ4v) is 2.98. The van der Waals surface area contributed by atoms with Crippen LogP contribution >= 0.6 is 0 Å². The van der Waals surface area contributed by atoms with Gasteiger partial charge in [0.15, 0.2) is 17.6 Å². The van der Waals surface area contributed by atoms with E-state index >= 15 is 0 Å². The van der Waals surface area contributed by atoms with Crippen molar-refractivity contribution in [2.75, 3.05) is 20.8 Å². The van der Waals surface area contributed by atoms with E-state index in [1.807, 2.05) is 57.2 Å². The molecule has 1 atom stereocenters. The minimum atomic E-state index is -0.485. The summed E-state index contributed by atoms with van der Waals surface area (Å²) in [4.78, 5) is 12.5. The molecule has 1 unspecified atom stereocenters. The molecule has 28 heavy (non-hydrogen) atoms. The third-order valence-corrected chi connectivity index (χ3v) is 4.88. The van der Waals surface area contributed by atoms with Gasteiger partial charge in [0.05, 0.1) is 14.2 Å². The van der Waals surface area contributed by atoms with Crippen LogP contribution in [0.2, 0.25) is 0 Å². The molecule has 1 amide bonds. The summed E-state index contributed by atoms with van der Waals surface area (Å²) in [5.74, 6) is 2.13. The van der Waals surface area contributed by atoms with Crippen molar-refractivity contribution < 1.29 is 19.0 Å². The van der Waals surface area contributed by atoms with Crippen molar-refractivity contribution in [3.05, 3.63) is 53.1 Å². The van der Waals surface area contributed by atoms with Crippen LogP contribution in [0.5, 0.6) is 17.2 Å². The monoisotopic (exact) mass is 385 g/mol. The molecule has 2 aromatic rings. The largest absolute Gasteiger partial charge is 0.493 e. The first kappa shape index (κ1) is 21.6. The van der Waals surface area contributed by atoms with Gasteiger partial charge in [0, 0.05) is 6.54 Å². The van der Waals surface area contributed by atoms with Gasteiger partial charge in [-0.1, -0.05) is 25.1 Å². The normalized spacial score (nSPS) is 11.6. The molecule has 0 saturated heterocycles. The van der Waals surface area contributed by atoms with Crippen LogP contribution in [0.15, 0.2) is 36.4 Å². The summed E-state index contributed by atoms with van der Waals surface area (Å²) < 4.78 is 16.6. The molecule has 0 spiro atoms. The van der Waals surface area contributed by atoms with Crippen molar-refractivity contribution in [3.8, 4) is 17.2 Å². The standard InChI is InChI=1S/C23H31NO4/c1-6-19(28-20-11-7-9-16(2)17(20)3)23(25)24-14-8-10-18-12-13-21(26-4)22(15-18)27-5/h7,9,11-13,15,19H,6,8,10,14H2,1-5H3,(H,24,25). The zero-order valence-electron chi connectivity index (χ0n) is 17.5. The van der Waals surface area contributed by atoms with Crippen molar-refractivity contribution in [2.45, 2.75) is 46.1 Å². The number of aryl methyl sites for hydroxylation is 2. The number of hydrogen-bond acceptors (Lipinski definition) is 4. The molecule has 0 saturated carbocycles. The van der Waals surface area contributed by atoms with E-state index in [0.29, 0.717) is 18.7 Å². The van der Waals surface area contributed by atoms with E-state index < -0.39 is 6.10 Å². The topological polar surface area (TPSA) is 56.8 Å². The fourth-order valence-electron chi connectivity index (χ4n) is 2.98. The van der Waals surface area contributed by atoms with Crippen LogP contribution in [0.1, 0.15) is 36.5 Å². The highest BCUT2D eigenvalue weighted by atomic mass is 16.5. The Morgan fingerprint density at radius 2 is 1.79 bits per heavy atom. The Balaban J connectivity index is 1.84. The lowest BCUT2D eigenvalue weighted by Crippen LogP contribution is -2.38. The van der Waals surface area contributed by atoms with Gasteiger partial charge in [0.25, 0.3) is 5.91 Å². The van der Waals surface area contributed by atoms with Gasteiger partial charge in [0.1, 0.15) is 5.75 Å². The van der Waals surface area contributed by atoms with E-state index in [1.165, 1.54) is 0 Å². The quantitative estimate of drug-likeness (QED) is 0.622. The van der Waals surface area contributed by atoms with Gasteiger partial charge in [-0.25, -0.2) is 0 Å². The van der Waals surface area contributed by atoms with Gasteiger partial charge in [-0.2, -0.15) is 0 Å². The molecule has 5 nitrogen and oxygen atoms in total. The zero-order chi connectivity index (χ0) is 20.5. The SMILES string of the molecule is CCC(Oc1cccc(C)c1C)C(=O)NCCCc1ccc(OC)c(OC)c1. The van der Waals surface area contributed by atoms with Crippen LogP contribution in [0.4, 0.5) is 0 Å². The van der Waals surface area contributed by atoms with Crippen LogP contribution in [0.25, 0.3) is 0 Å². The Bertz CT molecular complexity index is 788. The Morgan fingerprint density at radius 3 is 2.46 bits per heavy atom. The maximum Gasteiger partial charge on any atom is 0.261 e. The molecule has 0 radical (unpaired) electrons. The van der Waals surface area contributed by atoms with Crippen molar-refractivity contribution >= 4 is 5.91 Å². The predicted molar refractivity (Wildman–Crippen MR) is 111 cm³/mol. The van der Waals surface area contributed by atoms with Crippen LogP contribution in [0.3, 0.4) is 0 Å². The third kappa shape index (κ3) is 5.65. The average Bonchev–Trinajstić information content (AvgIpc) is 2.71. The fraction of sp³-hybridized carbons (Fsp3) is 0.435. The Labute approximate surface area is 168 Å². The van der Waals surface area contributed by atoms with Gasteiger partial charge >= 0.3 is 0 Å². The second-order valence-electron chi connectivity index (χ2n) is 6.80. The molecule has 0 bridgehead atoms. The number of rotatable bonds is 10. The van der Waals surface area contributed by atoms with Gasteiger partial charge < -0.3 is 19.5 Å². The molecular weight excluding hydrogens is 354 g/mol. The lowest BCUT2D eigenvalue weighted by Gasteiger charge is -2.19. The number of carbonyl (C=O) groups excluding carboxylic acids is 1. The predicted octanol–water partition coefficient (Wildman–Crippen LogP) is 4.23. The van der Waals surface area contributed by atoms with E-state index in [9.17, 15) is 4.79 Å². The Kier molecular flexibility index (Phi) is 8.18. The van der Waals surface area contributed by atoms with Crippen molar-refractivity contribution in [1.29, 1.82) is 0 Å². The van der Waals surface area contributed by atoms with Gasteiger partial charge in [-0.15, -0.1) is 0 Å². The molecule has 0 aliphatic rings. The molecule has 2 rings (SSSR count). The summed E-state index contributed by atoms with van der Waals surface area (Å²) in [5.41, 5.74) is 3.37. The second kappa shape index (κ2) is 10.6.